The molecule has 0 amide bonds. The molecule has 0 atom stereocenters. The molecule has 0 N–H and O–H groups in total. The van der Waals surface area contributed by atoms with Crippen LogP contribution in [-0.2, 0) is 0 Å². The Morgan fingerprint density at radius 3 is 2.07 bits per heavy atom. The van der Waals surface area contributed by atoms with Crippen LogP contribution in [0.4, 0.5) is 0 Å². The maximum atomic E-state index is 7.15. The van der Waals surface area contributed by atoms with E-state index in [2.05, 4.69) is 9.69 Å². The van der Waals surface area contributed by atoms with Crippen molar-refractivity contribution in [3.8, 4) is 0 Å². The first-order chi connectivity index (χ1) is 6.43. The van der Waals surface area contributed by atoms with Gasteiger partial charge in [-0.2, -0.15) is 0 Å². The molecule has 0 radical (unpaired) electrons. The van der Waals surface area contributed by atoms with E-state index in [1.54, 1.807) is 0 Å². The second-order valence-corrected chi connectivity index (χ2v) is 5.15. The predicted molar refractivity (Wildman–Crippen MR) is 57.6 cm³/mol. The lowest BCUT2D eigenvalue weighted by molar-refractivity contribution is 0.226. The molecule has 2 nitrogen and oxygen atoms in total. The summed E-state index contributed by atoms with van der Waals surface area (Å²) in [5.41, 5.74) is -0.377. The van der Waals surface area contributed by atoms with Crippen molar-refractivity contribution in [2.45, 2.75) is 57.5 Å². The summed E-state index contributed by atoms with van der Waals surface area (Å²) in [6.45, 7) is 20.4. The Morgan fingerprint density at radius 1 is 1.21 bits per heavy atom. The number of hydrogen-bond acceptors (Lipinski definition) is 0. The highest BCUT2D eigenvalue weighted by Gasteiger charge is 2.44. The maximum absolute atomic E-state index is 7.15. The topological polar surface area (TPSA) is 8.72 Å². The monoisotopic (exact) mass is 190 g/mol. The van der Waals surface area contributed by atoms with Gasteiger partial charge in [0.15, 0.2) is 0 Å². The minimum absolute atomic E-state index is 0.144. The molecule has 0 aromatic heterocycles. The Hall–Kier alpha value is -1.02. The van der Waals surface area contributed by atoms with Crippen molar-refractivity contribution in [3.05, 3.63) is 22.8 Å². The first-order valence-electron chi connectivity index (χ1n) is 5.21. The smallest absolute Gasteiger partial charge is 0.229 e. The largest absolute Gasteiger partial charge is 0.311 e. The highest BCUT2D eigenvalue weighted by Crippen LogP contribution is 2.40. The summed E-state index contributed by atoms with van der Waals surface area (Å²) < 4.78 is 0. The molecule has 1 fully saturated rings. The Balaban J connectivity index is 2.62. The fourth-order valence-corrected chi connectivity index (χ4v) is 2.15. The van der Waals surface area contributed by atoms with E-state index in [9.17, 15) is 0 Å². The number of rotatable bonds is 1. The van der Waals surface area contributed by atoms with Crippen LogP contribution in [0.15, 0.2) is 0 Å². The average molecular weight is 190 g/mol. The highest BCUT2D eigenvalue weighted by atomic mass is 14.8. The zero-order valence-corrected chi connectivity index (χ0v) is 9.30. The number of hydrogen-bond donors (Lipinski definition) is 0. The Bertz CT molecular complexity index is 282. The third-order valence-electron chi connectivity index (χ3n) is 3.62. The van der Waals surface area contributed by atoms with Gasteiger partial charge in [-0.15, -0.1) is 0 Å². The van der Waals surface area contributed by atoms with E-state index in [-0.39, 0.29) is 11.1 Å². The lowest BCUT2D eigenvalue weighted by atomic mass is 9.71. The van der Waals surface area contributed by atoms with Crippen LogP contribution in [0.3, 0.4) is 0 Å². The van der Waals surface area contributed by atoms with E-state index in [0.717, 1.165) is 25.7 Å². The van der Waals surface area contributed by atoms with Crippen LogP contribution < -0.4 is 0 Å². The van der Waals surface area contributed by atoms with Gasteiger partial charge in [0.2, 0.25) is 11.1 Å². The third-order valence-corrected chi connectivity index (χ3v) is 3.62. The molecule has 1 saturated carbocycles. The van der Waals surface area contributed by atoms with Gasteiger partial charge in [-0.25, -0.2) is 13.1 Å². The van der Waals surface area contributed by atoms with Crippen LogP contribution in [0, 0.1) is 19.1 Å². The SMILES string of the molecule is [C-]#[N+]C(C)(C)[C@H]1CC[C@@](C)([N+]#[C-])CC1. The van der Waals surface area contributed by atoms with Gasteiger partial charge in [-0.05, 0) is 12.8 Å². The summed E-state index contributed by atoms with van der Waals surface area (Å²) in [4.78, 5) is 7.38. The van der Waals surface area contributed by atoms with Gasteiger partial charge in [0.25, 0.3) is 0 Å². The molecule has 0 spiro atoms. The molecule has 2 heteroatoms. The van der Waals surface area contributed by atoms with E-state index in [1.165, 1.54) is 0 Å². The van der Waals surface area contributed by atoms with E-state index in [4.69, 9.17) is 13.1 Å². The first kappa shape index (κ1) is 11.1. The van der Waals surface area contributed by atoms with Gasteiger partial charge in [0, 0.05) is 39.5 Å². The predicted octanol–water partition coefficient (Wildman–Crippen LogP) is 3.55. The fourth-order valence-electron chi connectivity index (χ4n) is 2.15. The highest BCUT2D eigenvalue weighted by molar-refractivity contribution is 5.04. The average Bonchev–Trinajstić information content (AvgIpc) is 2.19. The van der Waals surface area contributed by atoms with Gasteiger partial charge in [-0.1, -0.05) is 0 Å². The normalized spacial score (nSPS) is 33.1. The standard InChI is InChI=1S/C12H18N2/c1-11(2,13-4)10-6-8-12(3,14-5)9-7-10/h10H,6-9H2,1-3H3/t10-,12+. The summed E-state index contributed by atoms with van der Waals surface area (Å²) in [6.07, 6.45) is 3.99. The summed E-state index contributed by atoms with van der Waals surface area (Å²) in [7, 11) is 0. The van der Waals surface area contributed by atoms with Crippen molar-refractivity contribution in [2.24, 2.45) is 5.92 Å². The van der Waals surface area contributed by atoms with E-state index >= 15 is 0 Å². The molecule has 0 aromatic rings. The lowest BCUT2D eigenvalue weighted by Crippen LogP contribution is -2.36. The van der Waals surface area contributed by atoms with Crippen molar-refractivity contribution in [1.29, 1.82) is 0 Å². The van der Waals surface area contributed by atoms with E-state index in [1.807, 2.05) is 20.8 Å². The molecule has 0 unspecified atom stereocenters. The number of nitrogens with zero attached hydrogens (tertiary/aromatic N) is 2. The van der Waals surface area contributed by atoms with Gasteiger partial charge >= 0.3 is 0 Å². The summed E-state index contributed by atoms with van der Waals surface area (Å²) >= 11 is 0. The van der Waals surface area contributed by atoms with Crippen LogP contribution in [0.5, 0.6) is 0 Å². The zero-order valence-electron chi connectivity index (χ0n) is 9.30. The zero-order chi connectivity index (χ0) is 10.8. The summed E-state index contributed by atoms with van der Waals surface area (Å²) in [5.74, 6) is 0.481. The van der Waals surface area contributed by atoms with Crippen LogP contribution in [0.1, 0.15) is 46.5 Å². The molecule has 0 saturated heterocycles. The minimum atomic E-state index is -0.233. The summed E-state index contributed by atoms with van der Waals surface area (Å²) in [6, 6.07) is 0. The van der Waals surface area contributed by atoms with Gasteiger partial charge in [0.1, 0.15) is 0 Å². The molecule has 14 heavy (non-hydrogen) atoms. The second kappa shape index (κ2) is 3.62. The molecule has 1 aliphatic rings. The molecular weight excluding hydrogens is 172 g/mol. The maximum Gasteiger partial charge on any atom is 0.229 e. The van der Waals surface area contributed by atoms with Gasteiger partial charge < -0.3 is 9.69 Å². The minimum Gasteiger partial charge on any atom is -0.311 e. The van der Waals surface area contributed by atoms with Crippen LogP contribution >= 0.6 is 0 Å². The molecule has 1 aliphatic carbocycles. The van der Waals surface area contributed by atoms with Crippen molar-refractivity contribution in [3.63, 3.8) is 0 Å². The molecule has 1 rings (SSSR count). The van der Waals surface area contributed by atoms with Gasteiger partial charge in [-0.3, -0.25) is 0 Å². The Kier molecular flexibility index (Phi) is 2.86. The van der Waals surface area contributed by atoms with E-state index < -0.39 is 0 Å². The fraction of sp³-hybridized carbons (Fsp3) is 0.833. The van der Waals surface area contributed by atoms with Crippen molar-refractivity contribution in [1.82, 2.24) is 0 Å². The lowest BCUT2D eigenvalue weighted by Gasteiger charge is -2.32. The van der Waals surface area contributed by atoms with Crippen molar-refractivity contribution >= 4 is 0 Å². The molecule has 0 aliphatic heterocycles. The first-order valence-corrected chi connectivity index (χ1v) is 5.21. The Labute approximate surface area is 87.0 Å². The van der Waals surface area contributed by atoms with E-state index in [0.29, 0.717) is 5.92 Å². The third kappa shape index (κ3) is 2.07. The molecule has 0 aromatic carbocycles. The molecule has 0 heterocycles. The quantitative estimate of drug-likeness (QED) is 0.559. The van der Waals surface area contributed by atoms with Gasteiger partial charge in [0.05, 0.1) is 0 Å². The second-order valence-electron chi connectivity index (χ2n) is 5.15. The Morgan fingerprint density at radius 2 is 1.71 bits per heavy atom. The van der Waals surface area contributed by atoms with Crippen molar-refractivity contribution in [2.75, 3.05) is 0 Å². The van der Waals surface area contributed by atoms with Crippen LogP contribution in [-0.4, -0.2) is 11.1 Å². The molecular formula is C12H18N2. The van der Waals surface area contributed by atoms with Crippen LogP contribution in [0.25, 0.3) is 9.69 Å². The molecule has 0 bridgehead atoms. The van der Waals surface area contributed by atoms with Crippen LogP contribution in [0.2, 0.25) is 0 Å². The summed E-state index contributed by atoms with van der Waals surface area (Å²) in [5, 5.41) is 0. The van der Waals surface area contributed by atoms with Crippen molar-refractivity contribution < 1.29 is 0 Å². The molecule has 76 valence electrons.